The maximum atomic E-state index is 13.3. The number of anilines is 1. The Bertz CT molecular complexity index is 1260. The second kappa shape index (κ2) is 11.9. The Kier molecular flexibility index (Phi) is 8.69. The van der Waals surface area contributed by atoms with E-state index >= 15 is 0 Å². The first-order valence-electron chi connectivity index (χ1n) is 12.7. The van der Waals surface area contributed by atoms with Crippen molar-refractivity contribution >= 4 is 23.8 Å². The van der Waals surface area contributed by atoms with Gasteiger partial charge in [-0.1, -0.05) is 18.2 Å². The molecule has 0 radical (unpaired) electrons. The van der Waals surface area contributed by atoms with Crippen molar-refractivity contribution in [2.45, 2.75) is 50.2 Å². The van der Waals surface area contributed by atoms with Crippen molar-refractivity contribution < 1.29 is 50.2 Å². The lowest BCUT2D eigenvalue weighted by Gasteiger charge is -2.37. The summed E-state index contributed by atoms with van der Waals surface area (Å²) in [5, 5.41) is 2.89. The second-order valence-corrected chi connectivity index (χ2v) is 9.76. The molecule has 222 valence electrons. The van der Waals surface area contributed by atoms with Gasteiger partial charge in [0, 0.05) is 37.8 Å². The highest BCUT2D eigenvalue weighted by Gasteiger charge is 2.38. The van der Waals surface area contributed by atoms with Gasteiger partial charge >= 0.3 is 30.4 Å². The number of amides is 3. The molecule has 2 heterocycles. The Labute approximate surface area is 231 Å². The van der Waals surface area contributed by atoms with Crippen molar-refractivity contribution in [3.05, 3.63) is 64.7 Å². The highest BCUT2D eigenvalue weighted by molar-refractivity contribution is 5.91. The largest absolute Gasteiger partial charge is 0.466 e. The van der Waals surface area contributed by atoms with Gasteiger partial charge in [0.15, 0.2) is 0 Å². The number of hydrogen-bond donors (Lipinski definition) is 1. The van der Waals surface area contributed by atoms with Gasteiger partial charge in [0.05, 0.1) is 18.2 Å². The van der Waals surface area contributed by atoms with Gasteiger partial charge < -0.3 is 24.6 Å². The third-order valence-corrected chi connectivity index (χ3v) is 7.08. The number of piperidine rings is 1. The van der Waals surface area contributed by atoms with Gasteiger partial charge in [0.1, 0.15) is 0 Å². The monoisotopic (exact) mass is 587 g/mol. The van der Waals surface area contributed by atoms with E-state index in [4.69, 9.17) is 4.74 Å². The molecule has 8 nitrogen and oxygen atoms in total. The van der Waals surface area contributed by atoms with E-state index in [0.717, 1.165) is 18.4 Å². The number of carbonyl (C=O) groups is 3. The van der Waals surface area contributed by atoms with Crippen molar-refractivity contribution in [3.8, 4) is 0 Å². The predicted octanol–water partition coefficient (Wildman–Crippen LogP) is 5.50. The predicted molar refractivity (Wildman–Crippen MR) is 133 cm³/mol. The molecule has 0 saturated carbocycles. The molecule has 0 spiro atoms. The number of nitrogens with one attached hydrogen (secondary N) is 1. The lowest BCUT2D eigenvalue weighted by Crippen LogP contribution is -2.50. The minimum Gasteiger partial charge on any atom is -0.466 e. The lowest BCUT2D eigenvalue weighted by molar-refractivity contribution is -0.151. The van der Waals surface area contributed by atoms with Crippen molar-refractivity contribution in [3.63, 3.8) is 0 Å². The first-order valence-corrected chi connectivity index (χ1v) is 12.7. The second-order valence-electron chi connectivity index (χ2n) is 9.76. The van der Waals surface area contributed by atoms with Gasteiger partial charge in [-0.25, -0.2) is 14.4 Å². The molecule has 0 bridgehead atoms. The number of methoxy groups -OCH3 is 1. The summed E-state index contributed by atoms with van der Waals surface area (Å²) < 4.78 is 89.3. The smallest absolute Gasteiger partial charge is 0.416 e. The highest BCUT2D eigenvalue weighted by Crippen LogP contribution is 2.36. The Balaban J connectivity index is 1.41. The molecule has 1 unspecified atom stereocenters. The number of urea groups is 1. The number of para-hydroxylation sites is 1. The zero-order valence-electron chi connectivity index (χ0n) is 21.8. The lowest BCUT2D eigenvalue weighted by atomic mass is 10.0. The van der Waals surface area contributed by atoms with Crippen LogP contribution >= 0.6 is 0 Å². The molecule has 0 aromatic heterocycles. The van der Waals surface area contributed by atoms with Crippen LogP contribution < -0.4 is 5.32 Å². The Morgan fingerprint density at radius 1 is 0.976 bits per heavy atom. The maximum Gasteiger partial charge on any atom is 0.416 e. The Morgan fingerprint density at radius 3 is 2.17 bits per heavy atom. The summed E-state index contributed by atoms with van der Waals surface area (Å²) >= 11 is 0. The van der Waals surface area contributed by atoms with Crippen LogP contribution in [-0.4, -0.2) is 66.8 Å². The van der Waals surface area contributed by atoms with Crippen LogP contribution in [0, 0.1) is 0 Å². The average Bonchev–Trinajstić information content (AvgIpc) is 3.09. The minimum absolute atomic E-state index is 0.0317. The first-order chi connectivity index (χ1) is 19.3. The van der Waals surface area contributed by atoms with E-state index in [2.05, 4.69) is 10.1 Å². The zero-order valence-corrected chi connectivity index (χ0v) is 21.8. The molecule has 4 rings (SSSR count). The SMILES string of the molecule is COC(=O)C(Cc1cc(C(F)(F)F)cc(C(F)(F)F)c1)OC(=O)N1CCC(N2CCc3ccccc3NC2=O)CC1. The molecule has 1 saturated heterocycles. The number of rotatable bonds is 5. The molecule has 2 aromatic rings. The summed E-state index contributed by atoms with van der Waals surface area (Å²) in [5.74, 6) is -1.14. The van der Waals surface area contributed by atoms with Crippen LogP contribution in [-0.2, 0) is 39.5 Å². The number of ether oxygens (including phenoxy) is 2. The topological polar surface area (TPSA) is 88.2 Å². The van der Waals surface area contributed by atoms with Crippen molar-refractivity contribution in [2.75, 3.05) is 32.1 Å². The van der Waals surface area contributed by atoms with E-state index < -0.39 is 53.6 Å². The van der Waals surface area contributed by atoms with Crippen LogP contribution in [0.1, 0.15) is 35.1 Å². The van der Waals surface area contributed by atoms with Crippen LogP contribution in [0.3, 0.4) is 0 Å². The third kappa shape index (κ3) is 7.22. The number of fused-ring (bicyclic) bond motifs is 1. The third-order valence-electron chi connectivity index (χ3n) is 7.08. The van der Waals surface area contributed by atoms with E-state index in [1.165, 1.54) is 4.90 Å². The number of halogens is 6. The number of alkyl halides is 6. The minimum atomic E-state index is -5.08. The molecular weight excluding hydrogens is 560 g/mol. The van der Waals surface area contributed by atoms with E-state index in [9.17, 15) is 40.7 Å². The van der Waals surface area contributed by atoms with Crippen LogP contribution in [0.4, 0.5) is 41.6 Å². The van der Waals surface area contributed by atoms with E-state index in [0.29, 0.717) is 37.9 Å². The normalized spacial score (nSPS) is 17.3. The number of benzene rings is 2. The number of hydrogen-bond acceptors (Lipinski definition) is 5. The van der Waals surface area contributed by atoms with Gasteiger partial charge in [-0.15, -0.1) is 0 Å². The standard InChI is InChI=1S/C27H27F6N3O5/c1-40-23(37)22(14-16-12-18(26(28,29)30)15-19(13-16)27(31,32)33)41-25(39)35-9-7-20(8-10-35)36-11-6-17-4-2-3-5-21(17)34-24(36)38/h2-5,12-13,15,20,22H,6-11,14H2,1H3,(H,34,38). The molecule has 2 aliphatic heterocycles. The summed E-state index contributed by atoms with van der Waals surface area (Å²) in [5.41, 5.74) is -1.89. The fraction of sp³-hybridized carbons (Fsp3) is 0.444. The molecule has 41 heavy (non-hydrogen) atoms. The van der Waals surface area contributed by atoms with Gasteiger partial charge in [-0.2, -0.15) is 26.3 Å². The Hall–Kier alpha value is -3.97. The van der Waals surface area contributed by atoms with Gasteiger partial charge in [-0.3, -0.25) is 0 Å². The van der Waals surface area contributed by atoms with Crippen molar-refractivity contribution in [2.24, 2.45) is 0 Å². The van der Waals surface area contributed by atoms with Crippen LogP contribution in [0.2, 0.25) is 0 Å². The summed E-state index contributed by atoms with van der Waals surface area (Å²) in [6.45, 7) is 0.769. The highest BCUT2D eigenvalue weighted by atomic mass is 19.4. The quantitative estimate of drug-likeness (QED) is 0.369. The molecule has 1 fully saturated rings. The summed E-state index contributed by atoms with van der Waals surface area (Å²) in [4.78, 5) is 40.9. The molecule has 2 aliphatic rings. The van der Waals surface area contributed by atoms with Crippen molar-refractivity contribution in [1.29, 1.82) is 0 Å². The average molecular weight is 588 g/mol. The summed E-state index contributed by atoms with van der Waals surface area (Å²) in [6.07, 6.45) is -12.3. The van der Waals surface area contributed by atoms with Crippen LogP contribution in [0.5, 0.6) is 0 Å². The van der Waals surface area contributed by atoms with Gasteiger partial charge in [0.2, 0.25) is 6.10 Å². The van der Waals surface area contributed by atoms with Crippen LogP contribution in [0.25, 0.3) is 0 Å². The molecular formula is C27H27F6N3O5. The number of esters is 1. The van der Waals surface area contributed by atoms with Gasteiger partial charge in [-0.05, 0) is 54.7 Å². The number of carbonyl (C=O) groups excluding carboxylic acids is 3. The molecule has 0 aliphatic carbocycles. The van der Waals surface area contributed by atoms with Crippen molar-refractivity contribution in [1.82, 2.24) is 9.80 Å². The van der Waals surface area contributed by atoms with Gasteiger partial charge in [0.25, 0.3) is 0 Å². The fourth-order valence-corrected chi connectivity index (χ4v) is 4.95. The number of nitrogens with zero attached hydrogens (tertiary/aromatic N) is 2. The van der Waals surface area contributed by atoms with E-state index in [1.54, 1.807) is 4.90 Å². The molecule has 1 N–H and O–H groups in total. The van der Waals surface area contributed by atoms with E-state index in [-0.39, 0.29) is 31.2 Å². The summed E-state index contributed by atoms with van der Waals surface area (Å²) in [6, 6.07) is 7.91. The summed E-state index contributed by atoms with van der Waals surface area (Å²) in [7, 11) is 0.951. The van der Waals surface area contributed by atoms with E-state index in [1.807, 2.05) is 24.3 Å². The first kappa shape index (κ1) is 30.0. The van der Waals surface area contributed by atoms with Crippen LogP contribution in [0.15, 0.2) is 42.5 Å². The number of likely N-dealkylation sites (tertiary alicyclic amines) is 1. The molecule has 1 atom stereocenters. The molecule has 2 aromatic carbocycles. The zero-order chi connectivity index (χ0) is 29.9. The molecule has 14 heteroatoms. The Morgan fingerprint density at radius 2 is 1.59 bits per heavy atom. The maximum absolute atomic E-state index is 13.3. The molecule has 3 amide bonds. The fourth-order valence-electron chi connectivity index (χ4n) is 4.95.